The lowest BCUT2D eigenvalue weighted by Crippen LogP contribution is -2.45. The fourth-order valence-corrected chi connectivity index (χ4v) is 4.61. The van der Waals surface area contributed by atoms with Crippen LogP contribution in [0.15, 0.2) is 42.6 Å². The highest BCUT2D eigenvalue weighted by atomic mass is 16.3. The van der Waals surface area contributed by atoms with Gasteiger partial charge < -0.3 is 19.8 Å². The number of rotatable bonds is 5. The largest absolute Gasteiger partial charge is 0.384 e. The van der Waals surface area contributed by atoms with Gasteiger partial charge in [0.05, 0.1) is 17.6 Å². The van der Waals surface area contributed by atoms with Gasteiger partial charge in [-0.2, -0.15) is 0 Å². The molecule has 1 N–H and O–H groups in total. The molecule has 4 rings (SSSR count). The molecule has 31 heavy (non-hydrogen) atoms. The van der Waals surface area contributed by atoms with E-state index in [1.807, 2.05) is 17.0 Å². The molecule has 1 aromatic carbocycles. The lowest BCUT2D eigenvalue weighted by Gasteiger charge is -2.36. The minimum Gasteiger partial charge on any atom is -0.384 e. The van der Waals surface area contributed by atoms with Gasteiger partial charge >= 0.3 is 0 Å². The van der Waals surface area contributed by atoms with Gasteiger partial charge in [0, 0.05) is 44.3 Å². The zero-order chi connectivity index (χ0) is 22.0. The molecule has 1 amide bonds. The van der Waals surface area contributed by atoms with Gasteiger partial charge in [-0.05, 0) is 63.9 Å². The highest BCUT2D eigenvalue weighted by Crippen LogP contribution is 2.31. The summed E-state index contributed by atoms with van der Waals surface area (Å²) in [6.07, 6.45) is 4.39. The summed E-state index contributed by atoms with van der Waals surface area (Å²) in [5.74, 6) is 0.161. The van der Waals surface area contributed by atoms with Crippen LogP contribution in [-0.4, -0.2) is 60.7 Å². The van der Waals surface area contributed by atoms with Crippen molar-refractivity contribution in [2.24, 2.45) is 5.92 Å². The van der Waals surface area contributed by atoms with Gasteiger partial charge in [0.1, 0.15) is 5.60 Å². The summed E-state index contributed by atoms with van der Waals surface area (Å²) in [6.45, 7) is 8.34. The minimum absolute atomic E-state index is 0.0173. The summed E-state index contributed by atoms with van der Waals surface area (Å²) < 4.78 is 0. The number of amides is 1. The van der Waals surface area contributed by atoms with E-state index in [2.05, 4.69) is 46.1 Å². The summed E-state index contributed by atoms with van der Waals surface area (Å²) in [5, 5.41) is 10.1. The number of pyridine rings is 1. The third-order valence-corrected chi connectivity index (χ3v) is 6.54. The first kappa shape index (κ1) is 21.8. The van der Waals surface area contributed by atoms with E-state index in [-0.39, 0.29) is 11.8 Å². The second-order valence-electron chi connectivity index (χ2n) is 9.41. The number of likely N-dealkylation sites (N-methyl/N-ethyl adjacent to an activating group) is 1. The molecule has 0 unspecified atom stereocenters. The molecule has 0 spiro atoms. The molecule has 0 radical (unpaired) electrons. The summed E-state index contributed by atoms with van der Waals surface area (Å²) in [7, 11) is 2.17. The van der Waals surface area contributed by atoms with E-state index in [0.29, 0.717) is 5.69 Å². The molecule has 6 nitrogen and oxygen atoms in total. The summed E-state index contributed by atoms with van der Waals surface area (Å²) in [4.78, 5) is 24.5. The van der Waals surface area contributed by atoms with E-state index in [0.717, 1.165) is 57.7 Å². The van der Waals surface area contributed by atoms with Crippen molar-refractivity contribution in [2.45, 2.75) is 38.7 Å². The molecule has 0 aliphatic carbocycles. The van der Waals surface area contributed by atoms with Crippen molar-refractivity contribution in [1.82, 2.24) is 9.88 Å². The second-order valence-corrected chi connectivity index (χ2v) is 9.41. The van der Waals surface area contributed by atoms with E-state index in [4.69, 9.17) is 0 Å². The molecule has 0 saturated carbocycles. The normalized spacial score (nSPS) is 20.9. The van der Waals surface area contributed by atoms with Gasteiger partial charge in [-0.3, -0.25) is 9.78 Å². The summed E-state index contributed by atoms with van der Waals surface area (Å²) in [6, 6.07) is 12.3. The zero-order valence-electron chi connectivity index (χ0n) is 18.9. The Morgan fingerprint density at radius 3 is 2.48 bits per heavy atom. The molecule has 2 aliphatic heterocycles. The number of anilines is 2. The lowest BCUT2D eigenvalue weighted by atomic mass is 9.89. The monoisotopic (exact) mass is 422 g/mol. The third kappa shape index (κ3) is 4.91. The van der Waals surface area contributed by atoms with E-state index < -0.39 is 5.60 Å². The van der Waals surface area contributed by atoms with Crippen molar-refractivity contribution in [3.63, 3.8) is 0 Å². The summed E-state index contributed by atoms with van der Waals surface area (Å²) >= 11 is 0. The molecule has 0 bridgehead atoms. The van der Waals surface area contributed by atoms with Crippen LogP contribution in [0.25, 0.3) is 0 Å². The van der Waals surface area contributed by atoms with Crippen molar-refractivity contribution in [3.8, 4) is 0 Å². The molecule has 2 saturated heterocycles. The first-order chi connectivity index (χ1) is 14.8. The van der Waals surface area contributed by atoms with Crippen LogP contribution in [0.2, 0.25) is 0 Å². The number of aliphatic hydroxyl groups is 1. The van der Waals surface area contributed by atoms with Crippen LogP contribution in [0.3, 0.4) is 0 Å². The topological polar surface area (TPSA) is 59.9 Å². The molecular weight excluding hydrogens is 388 g/mol. The van der Waals surface area contributed by atoms with Crippen LogP contribution in [0, 0.1) is 5.92 Å². The Bertz CT molecular complexity index is 898. The first-order valence-corrected chi connectivity index (χ1v) is 11.3. The first-order valence-electron chi connectivity index (χ1n) is 11.3. The van der Waals surface area contributed by atoms with Gasteiger partial charge in [0.25, 0.3) is 0 Å². The molecule has 6 heteroatoms. The Balaban J connectivity index is 1.49. The van der Waals surface area contributed by atoms with E-state index in [1.165, 1.54) is 11.3 Å². The van der Waals surface area contributed by atoms with Gasteiger partial charge in [-0.15, -0.1) is 0 Å². The molecule has 1 aromatic heterocycles. The SMILES string of the molecule is CN1CCN(c2ccccc2C[C@@H]2CCCN(c3ccc(C(C)(C)O)nc3)C2=O)CC1. The maximum absolute atomic E-state index is 13.4. The quantitative estimate of drug-likeness (QED) is 0.803. The van der Waals surface area contributed by atoms with Crippen LogP contribution in [0.4, 0.5) is 11.4 Å². The van der Waals surface area contributed by atoms with E-state index >= 15 is 0 Å². The Hall–Kier alpha value is -2.44. The zero-order valence-corrected chi connectivity index (χ0v) is 18.9. The van der Waals surface area contributed by atoms with Gasteiger partial charge in [-0.1, -0.05) is 18.2 Å². The summed E-state index contributed by atoms with van der Waals surface area (Å²) in [5.41, 5.74) is 2.98. The number of hydrogen-bond acceptors (Lipinski definition) is 5. The van der Waals surface area contributed by atoms with Crippen LogP contribution >= 0.6 is 0 Å². The van der Waals surface area contributed by atoms with Crippen LogP contribution in [0.5, 0.6) is 0 Å². The van der Waals surface area contributed by atoms with Crippen LogP contribution < -0.4 is 9.80 Å². The molecule has 3 heterocycles. The average Bonchev–Trinajstić information content (AvgIpc) is 2.76. The number of nitrogens with zero attached hydrogens (tertiary/aromatic N) is 4. The van der Waals surface area contributed by atoms with Crippen LogP contribution in [-0.2, 0) is 16.8 Å². The van der Waals surface area contributed by atoms with Crippen molar-refractivity contribution in [2.75, 3.05) is 49.6 Å². The number of carbonyl (C=O) groups excluding carboxylic acids is 1. The van der Waals surface area contributed by atoms with Crippen LogP contribution in [0.1, 0.15) is 37.9 Å². The Morgan fingerprint density at radius 1 is 1.06 bits per heavy atom. The Labute approximate surface area is 185 Å². The highest BCUT2D eigenvalue weighted by molar-refractivity contribution is 5.95. The van der Waals surface area contributed by atoms with E-state index in [1.54, 1.807) is 20.0 Å². The van der Waals surface area contributed by atoms with Crippen molar-refractivity contribution < 1.29 is 9.90 Å². The van der Waals surface area contributed by atoms with Crippen molar-refractivity contribution in [1.29, 1.82) is 0 Å². The Kier molecular flexibility index (Phi) is 6.30. The fourth-order valence-electron chi connectivity index (χ4n) is 4.61. The van der Waals surface area contributed by atoms with Gasteiger partial charge in [0.15, 0.2) is 0 Å². The standard InChI is InChI=1S/C25H34N4O2/c1-25(2,31)23-11-10-21(18-26-23)29-12-6-8-20(24(29)30)17-19-7-4-5-9-22(19)28-15-13-27(3)14-16-28/h4-5,7,9-11,18,20,31H,6,8,12-17H2,1-3H3/t20-/m0/s1. The molecule has 2 aliphatic rings. The molecule has 166 valence electrons. The lowest BCUT2D eigenvalue weighted by molar-refractivity contribution is -0.123. The number of benzene rings is 1. The fraction of sp³-hybridized carbons (Fsp3) is 0.520. The molecule has 2 fully saturated rings. The predicted molar refractivity (Wildman–Crippen MR) is 124 cm³/mol. The number of hydrogen-bond donors (Lipinski definition) is 1. The van der Waals surface area contributed by atoms with Gasteiger partial charge in [0.2, 0.25) is 5.91 Å². The minimum atomic E-state index is -0.986. The maximum atomic E-state index is 13.4. The van der Waals surface area contributed by atoms with Crippen molar-refractivity contribution in [3.05, 3.63) is 53.9 Å². The third-order valence-electron chi connectivity index (χ3n) is 6.54. The average molecular weight is 423 g/mol. The maximum Gasteiger partial charge on any atom is 0.230 e. The number of carbonyl (C=O) groups is 1. The number of piperidine rings is 1. The number of aromatic nitrogens is 1. The highest BCUT2D eigenvalue weighted by Gasteiger charge is 2.31. The number of piperazine rings is 1. The van der Waals surface area contributed by atoms with Crippen molar-refractivity contribution >= 4 is 17.3 Å². The Morgan fingerprint density at radius 2 is 1.81 bits per heavy atom. The smallest absolute Gasteiger partial charge is 0.230 e. The molecule has 1 atom stereocenters. The van der Waals surface area contributed by atoms with Gasteiger partial charge in [-0.25, -0.2) is 0 Å². The predicted octanol–water partition coefficient (Wildman–Crippen LogP) is 3.05. The molecular formula is C25H34N4O2. The van der Waals surface area contributed by atoms with E-state index in [9.17, 15) is 9.90 Å². The molecule has 2 aromatic rings. The second kappa shape index (κ2) is 8.97. The number of para-hydroxylation sites is 1.